The van der Waals surface area contributed by atoms with Crippen LogP contribution in [-0.4, -0.2) is 6.86 Å². The number of nitrogens with two attached hydrogens (primary N) is 1. The molecule has 0 radical (unpaired) electrons. The fourth-order valence-corrected chi connectivity index (χ4v) is 1.75. The van der Waals surface area contributed by atoms with Crippen molar-refractivity contribution in [1.82, 2.24) is 0 Å². The second-order valence-corrected chi connectivity index (χ2v) is 3.97. The smallest absolute Gasteiger partial charge is 0.228 e. The Hall–Kier alpha value is -2.01. The van der Waals surface area contributed by atoms with Gasteiger partial charge >= 0.3 is 0 Å². The first kappa shape index (κ1) is 13.4. The first-order chi connectivity index (χ1) is 9.11. The van der Waals surface area contributed by atoms with Crippen molar-refractivity contribution >= 4 is 0 Å². The van der Waals surface area contributed by atoms with Crippen LogP contribution >= 0.6 is 0 Å². The van der Waals surface area contributed by atoms with Crippen LogP contribution in [0.1, 0.15) is 17.2 Å². The van der Waals surface area contributed by atoms with E-state index in [1.54, 1.807) is 6.07 Å². The average molecular weight is 267 g/mol. The Kier molecular flexibility index (Phi) is 4.06. The third kappa shape index (κ3) is 3.06. The quantitative estimate of drug-likeness (QED) is 0.922. The molecule has 2 nitrogen and oxygen atoms in total. The van der Waals surface area contributed by atoms with Gasteiger partial charge in [0.2, 0.25) is 6.86 Å². The van der Waals surface area contributed by atoms with Crippen LogP contribution in [0, 0.1) is 11.6 Å². The summed E-state index contributed by atoms with van der Waals surface area (Å²) in [6, 6.07) is 9.08. The van der Waals surface area contributed by atoms with Gasteiger partial charge in [-0.3, -0.25) is 0 Å². The molecule has 2 N–H and O–H groups in total. The molecule has 2 aromatic carbocycles. The van der Waals surface area contributed by atoms with E-state index in [-0.39, 0.29) is 11.6 Å². The average Bonchev–Trinajstić information content (AvgIpc) is 2.41. The molecule has 2 rings (SSSR count). The lowest BCUT2D eigenvalue weighted by Gasteiger charge is -2.13. The molecule has 0 aliphatic carbocycles. The Morgan fingerprint density at radius 3 is 2.21 bits per heavy atom. The van der Waals surface area contributed by atoms with E-state index in [9.17, 15) is 13.2 Å². The van der Waals surface area contributed by atoms with Crippen molar-refractivity contribution in [3.05, 3.63) is 65.2 Å². The predicted octanol–water partition coefficient (Wildman–Crippen LogP) is 3.32. The Bertz CT molecular complexity index is 557. The largest absolute Gasteiger partial charge is 0.460 e. The summed E-state index contributed by atoms with van der Waals surface area (Å²) >= 11 is 0. The summed E-state index contributed by atoms with van der Waals surface area (Å²) in [4.78, 5) is 0. The second-order valence-electron chi connectivity index (χ2n) is 3.97. The van der Waals surface area contributed by atoms with Crippen LogP contribution < -0.4 is 10.5 Å². The lowest BCUT2D eigenvalue weighted by molar-refractivity contribution is 0.184. The molecular formula is C14H12F3NO. The minimum atomic E-state index is -1.10. The summed E-state index contributed by atoms with van der Waals surface area (Å²) in [7, 11) is 0. The number of benzene rings is 2. The number of ether oxygens (including phenoxy) is 1. The third-order valence-electron chi connectivity index (χ3n) is 2.75. The van der Waals surface area contributed by atoms with E-state index in [1.807, 2.05) is 0 Å². The normalized spacial score (nSPS) is 12.2. The zero-order chi connectivity index (χ0) is 13.8. The minimum absolute atomic E-state index is 0.169. The van der Waals surface area contributed by atoms with Crippen LogP contribution in [-0.2, 0) is 0 Å². The standard InChI is InChI=1S/C14H12F3NO/c15-8-19-13-6-3-10(7-12(13)17)14(18)9-1-4-11(16)5-2-9/h1-7,14H,8,18H2. The molecule has 0 bridgehead atoms. The van der Waals surface area contributed by atoms with Gasteiger partial charge in [0.05, 0.1) is 6.04 Å². The molecule has 0 aromatic heterocycles. The summed E-state index contributed by atoms with van der Waals surface area (Å²) in [6.07, 6.45) is 0. The molecule has 2 aromatic rings. The molecule has 0 saturated heterocycles. The Morgan fingerprint density at radius 2 is 1.63 bits per heavy atom. The molecule has 0 heterocycles. The Balaban J connectivity index is 2.26. The molecule has 0 fully saturated rings. The predicted molar refractivity (Wildman–Crippen MR) is 65.4 cm³/mol. The molecule has 1 atom stereocenters. The molecule has 100 valence electrons. The molecule has 5 heteroatoms. The van der Waals surface area contributed by atoms with Gasteiger partial charge in [-0.1, -0.05) is 18.2 Å². The molecule has 0 aliphatic heterocycles. The van der Waals surface area contributed by atoms with E-state index in [0.29, 0.717) is 11.1 Å². The van der Waals surface area contributed by atoms with Crippen LogP contribution in [0.5, 0.6) is 5.75 Å². The van der Waals surface area contributed by atoms with Gasteiger partial charge in [-0.2, -0.15) is 0 Å². The topological polar surface area (TPSA) is 35.2 Å². The van der Waals surface area contributed by atoms with Crippen LogP contribution in [0.3, 0.4) is 0 Å². The van der Waals surface area contributed by atoms with E-state index in [0.717, 1.165) is 0 Å². The maximum Gasteiger partial charge on any atom is 0.228 e. The molecule has 0 saturated carbocycles. The lowest BCUT2D eigenvalue weighted by Crippen LogP contribution is -2.12. The zero-order valence-corrected chi connectivity index (χ0v) is 9.95. The lowest BCUT2D eigenvalue weighted by atomic mass is 9.99. The van der Waals surface area contributed by atoms with Crippen molar-refractivity contribution in [1.29, 1.82) is 0 Å². The van der Waals surface area contributed by atoms with Crippen LogP contribution in [0.15, 0.2) is 42.5 Å². The first-order valence-electron chi connectivity index (χ1n) is 5.61. The van der Waals surface area contributed by atoms with Gasteiger partial charge in [-0.25, -0.2) is 13.2 Å². The summed E-state index contributed by atoms with van der Waals surface area (Å²) < 4.78 is 42.8. The van der Waals surface area contributed by atoms with Gasteiger partial charge in [-0.15, -0.1) is 0 Å². The number of rotatable bonds is 4. The maximum atomic E-state index is 13.6. The van der Waals surface area contributed by atoms with E-state index < -0.39 is 18.7 Å². The van der Waals surface area contributed by atoms with Gasteiger partial charge in [0.15, 0.2) is 11.6 Å². The summed E-state index contributed by atoms with van der Waals surface area (Å²) in [5.41, 5.74) is 7.10. The van der Waals surface area contributed by atoms with Crippen LogP contribution in [0.4, 0.5) is 13.2 Å². The number of alkyl halides is 1. The Morgan fingerprint density at radius 1 is 1.00 bits per heavy atom. The van der Waals surface area contributed by atoms with Crippen molar-refractivity contribution < 1.29 is 17.9 Å². The summed E-state index contributed by atoms with van der Waals surface area (Å²) in [5.74, 6) is -1.22. The summed E-state index contributed by atoms with van der Waals surface area (Å²) in [6.45, 7) is -1.10. The van der Waals surface area contributed by atoms with Crippen molar-refractivity contribution in [3.8, 4) is 5.75 Å². The van der Waals surface area contributed by atoms with Gasteiger partial charge in [0.25, 0.3) is 0 Å². The first-order valence-corrected chi connectivity index (χ1v) is 5.61. The number of halogens is 3. The fourth-order valence-electron chi connectivity index (χ4n) is 1.75. The number of hydrogen-bond donors (Lipinski definition) is 1. The van der Waals surface area contributed by atoms with Crippen molar-refractivity contribution in [2.24, 2.45) is 5.73 Å². The van der Waals surface area contributed by atoms with Crippen molar-refractivity contribution in [3.63, 3.8) is 0 Å². The third-order valence-corrected chi connectivity index (χ3v) is 2.75. The maximum absolute atomic E-state index is 13.6. The highest BCUT2D eigenvalue weighted by molar-refractivity contribution is 5.36. The van der Waals surface area contributed by atoms with Crippen molar-refractivity contribution in [2.45, 2.75) is 6.04 Å². The highest BCUT2D eigenvalue weighted by atomic mass is 19.1. The Labute approximate surface area is 108 Å². The highest BCUT2D eigenvalue weighted by Crippen LogP contribution is 2.25. The van der Waals surface area contributed by atoms with Gasteiger partial charge < -0.3 is 10.5 Å². The van der Waals surface area contributed by atoms with Crippen LogP contribution in [0.2, 0.25) is 0 Å². The second kappa shape index (κ2) is 5.75. The molecule has 0 amide bonds. The molecule has 0 spiro atoms. The van der Waals surface area contributed by atoms with E-state index in [4.69, 9.17) is 5.73 Å². The van der Waals surface area contributed by atoms with Crippen molar-refractivity contribution in [2.75, 3.05) is 6.86 Å². The summed E-state index contributed by atoms with van der Waals surface area (Å²) in [5, 5.41) is 0. The monoisotopic (exact) mass is 267 g/mol. The van der Waals surface area contributed by atoms with E-state index in [2.05, 4.69) is 4.74 Å². The molecular weight excluding hydrogens is 255 g/mol. The van der Waals surface area contributed by atoms with E-state index >= 15 is 0 Å². The van der Waals surface area contributed by atoms with E-state index in [1.165, 1.54) is 36.4 Å². The zero-order valence-electron chi connectivity index (χ0n) is 9.95. The molecule has 19 heavy (non-hydrogen) atoms. The minimum Gasteiger partial charge on any atom is -0.460 e. The highest BCUT2D eigenvalue weighted by Gasteiger charge is 2.12. The molecule has 0 aliphatic rings. The van der Waals surface area contributed by atoms with Crippen LogP contribution in [0.25, 0.3) is 0 Å². The fraction of sp³-hybridized carbons (Fsp3) is 0.143. The van der Waals surface area contributed by atoms with Gasteiger partial charge in [0.1, 0.15) is 5.82 Å². The molecule has 1 unspecified atom stereocenters. The van der Waals surface area contributed by atoms with Gasteiger partial charge in [-0.05, 0) is 35.4 Å². The SMILES string of the molecule is NC(c1ccc(F)cc1)c1ccc(OCF)c(F)c1. The van der Waals surface area contributed by atoms with Gasteiger partial charge in [0, 0.05) is 0 Å². The number of hydrogen-bond acceptors (Lipinski definition) is 2.